The van der Waals surface area contributed by atoms with E-state index in [9.17, 15) is 9.59 Å². The molecule has 3 heterocycles. The molecule has 0 spiro atoms. The van der Waals surface area contributed by atoms with E-state index < -0.39 is 5.54 Å². The Morgan fingerprint density at radius 1 is 1.12 bits per heavy atom. The van der Waals surface area contributed by atoms with Crippen LogP contribution in [-0.4, -0.2) is 33.4 Å². The van der Waals surface area contributed by atoms with E-state index in [1.54, 1.807) is 11.2 Å². The number of aryl methyl sites for hydroxylation is 1. The Labute approximate surface area is 189 Å². The van der Waals surface area contributed by atoms with Crippen LogP contribution >= 0.6 is 0 Å². The first-order valence-corrected chi connectivity index (χ1v) is 11.2. The third-order valence-corrected chi connectivity index (χ3v) is 6.37. The fourth-order valence-corrected chi connectivity index (χ4v) is 4.28. The molecular formula is C26H31N3O3. The molecule has 168 valence electrons. The molecule has 0 fully saturated rings. The quantitative estimate of drug-likeness (QED) is 0.591. The van der Waals surface area contributed by atoms with Gasteiger partial charge in [0.25, 0.3) is 5.91 Å². The highest BCUT2D eigenvalue weighted by molar-refractivity contribution is 6.00. The lowest BCUT2D eigenvalue weighted by Crippen LogP contribution is -2.63. The number of carbonyl (C=O) groups is 2. The minimum absolute atomic E-state index is 0.134. The smallest absolute Gasteiger partial charge is 0.271 e. The van der Waals surface area contributed by atoms with Gasteiger partial charge < -0.3 is 19.2 Å². The van der Waals surface area contributed by atoms with Crippen molar-refractivity contribution in [3.05, 3.63) is 71.6 Å². The number of rotatable bonds is 7. The van der Waals surface area contributed by atoms with Gasteiger partial charge in [-0.05, 0) is 61.6 Å². The molecule has 0 radical (unpaired) electrons. The van der Waals surface area contributed by atoms with Crippen molar-refractivity contribution in [2.45, 2.75) is 52.7 Å². The maximum atomic E-state index is 13.7. The highest BCUT2D eigenvalue weighted by atomic mass is 16.3. The Bertz CT molecular complexity index is 1110. The Hall–Kier alpha value is -3.28. The molecule has 1 aromatic carbocycles. The Morgan fingerprint density at radius 2 is 1.88 bits per heavy atom. The van der Waals surface area contributed by atoms with Crippen molar-refractivity contribution in [2.24, 2.45) is 5.92 Å². The summed E-state index contributed by atoms with van der Waals surface area (Å²) < 4.78 is 7.51. The summed E-state index contributed by atoms with van der Waals surface area (Å²) in [6.45, 7) is 9.47. The van der Waals surface area contributed by atoms with E-state index in [1.165, 1.54) is 0 Å². The summed E-state index contributed by atoms with van der Waals surface area (Å²) in [5.74, 6) is 0.878. The zero-order chi connectivity index (χ0) is 22.9. The van der Waals surface area contributed by atoms with Crippen molar-refractivity contribution in [2.75, 3.05) is 6.54 Å². The summed E-state index contributed by atoms with van der Waals surface area (Å²) in [5.41, 5.74) is 2.46. The third kappa shape index (κ3) is 3.97. The predicted molar refractivity (Wildman–Crippen MR) is 124 cm³/mol. The van der Waals surface area contributed by atoms with Crippen LogP contribution in [0, 0.1) is 12.8 Å². The third-order valence-electron chi connectivity index (χ3n) is 6.37. The second kappa shape index (κ2) is 8.69. The highest BCUT2D eigenvalue weighted by Gasteiger charge is 2.47. The molecule has 0 saturated heterocycles. The Kier molecular flexibility index (Phi) is 5.96. The van der Waals surface area contributed by atoms with Crippen LogP contribution in [0.2, 0.25) is 0 Å². The second-order valence-electron chi connectivity index (χ2n) is 9.20. The first-order chi connectivity index (χ1) is 15.3. The number of aromatic nitrogens is 1. The van der Waals surface area contributed by atoms with Gasteiger partial charge in [0.1, 0.15) is 17.0 Å². The van der Waals surface area contributed by atoms with Gasteiger partial charge in [-0.15, -0.1) is 0 Å². The lowest BCUT2D eigenvalue weighted by Gasteiger charge is -2.44. The predicted octanol–water partition coefficient (Wildman–Crippen LogP) is 4.63. The van der Waals surface area contributed by atoms with Gasteiger partial charge in [0.2, 0.25) is 5.91 Å². The number of fused-ring (bicyclic) bond motifs is 1. The lowest BCUT2D eigenvalue weighted by molar-refractivity contribution is -0.133. The maximum absolute atomic E-state index is 13.7. The summed E-state index contributed by atoms with van der Waals surface area (Å²) >= 11 is 0. The standard InChI is InChI=1S/C26H31N3O3/c1-18(2)13-14-27-25(31)26(4)17-28-21(23-10-7-15-32-23)11-12-22(28)24(30)29(26)16-20-9-6-5-8-19(20)3/h5-12,15,18H,13-14,16-17H2,1-4H3,(H,27,31)/t26-/m1/s1. The number of hydrogen-bond acceptors (Lipinski definition) is 3. The monoisotopic (exact) mass is 433 g/mol. The van der Waals surface area contributed by atoms with Crippen LogP contribution < -0.4 is 5.32 Å². The first-order valence-electron chi connectivity index (χ1n) is 11.2. The van der Waals surface area contributed by atoms with Gasteiger partial charge in [0, 0.05) is 13.1 Å². The van der Waals surface area contributed by atoms with E-state index in [-0.39, 0.29) is 11.8 Å². The molecular weight excluding hydrogens is 402 g/mol. The van der Waals surface area contributed by atoms with Gasteiger partial charge in [0.15, 0.2) is 0 Å². The van der Waals surface area contributed by atoms with Gasteiger partial charge >= 0.3 is 0 Å². The summed E-state index contributed by atoms with van der Waals surface area (Å²) in [6.07, 6.45) is 2.50. The van der Waals surface area contributed by atoms with Gasteiger partial charge in [-0.25, -0.2) is 0 Å². The van der Waals surface area contributed by atoms with Crippen molar-refractivity contribution in [1.82, 2.24) is 14.8 Å². The molecule has 3 aromatic rings. The lowest BCUT2D eigenvalue weighted by atomic mass is 9.93. The number of nitrogens with one attached hydrogen (secondary N) is 1. The van der Waals surface area contributed by atoms with Crippen LogP contribution in [0.25, 0.3) is 11.5 Å². The van der Waals surface area contributed by atoms with Crippen molar-refractivity contribution < 1.29 is 14.0 Å². The van der Waals surface area contributed by atoms with Gasteiger partial charge in [-0.1, -0.05) is 38.1 Å². The summed E-state index contributed by atoms with van der Waals surface area (Å²) in [6, 6.07) is 15.4. The molecule has 0 saturated carbocycles. The molecule has 1 N–H and O–H groups in total. The van der Waals surface area contributed by atoms with E-state index in [2.05, 4.69) is 19.2 Å². The summed E-state index contributed by atoms with van der Waals surface area (Å²) in [5, 5.41) is 3.08. The number of amides is 2. The van der Waals surface area contributed by atoms with Crippen molar-refractivity contribution in [3.8, 4) is 11.5 Å². The van der Waals surface area contributed by atoms with Gasteiger partial charge in [0.05, 0.1) is 18.5 Å². The number of nitrogens with zero attached hydrogens (tertiary/aromatic N) is 2. The second-order valence-corrected chi connectivity index (χ2v) is 9.20. The van der Waals surface area contributed by atoms with Crippen molar-refractivity contribution >= 4 is 11.8 Å². The molecule has 2 amide bonds. The van der Waals surface area contributed by atoms with Crippen molar-refractivity contribution in [3.63, 3.8) is 0 Å². The van der Waals surface area contributed by atoms with Crippen molar-refractivity contribution in [1.29, 1.82) is 0 Å². The van der Waals surface area contributed by atoms with E-state index in [1.807, 2.05) is 66.9 Å². The number of benzene rings is 1. The fraction of sp³-hybridized carbons (Fsp3) is 0.385. The zero-order valence-corrected chi connectivity index (χ0v) is 19.2. The molecule has 0 unspecified atom stereocenters. The normalized spacial score (nSPS) is 18.2. The number of hydrogen-bond donors (Lipinski definition) is 1. The van der Waals surface area contributed by atoms with Gasteiger partial charge in [-0.2, -0.15) is 0 Å². The Balaban J connectivity index is 1.73. The van der Waals surface area contributed by atoms with E-state index in [4.69, 9.17) is 4.42 Å². The maximum Gasteiger partial charge on any atom is 0.271 e. The molecule has 1 aliphatic heterocycles. The molecule has 6 heteroatoms. The van der Waals surface area contributed by atoms with Gasteiger partial charge in [-0.3, -0.25) is 9.59 Å². The fourth-order valence-electron chi connectivity index (χ4n) is 4.28. The average molecular weight is 434 g/mol. The molecule has 6 nitrogen and oxygen atoms in total. The minimum Gasteiger partial charge on any atom is -0.463 e. The minimum atomic E-state index is -1.04. The topological polar surface area (TPSA) is 67.5 Å². The van der Waals surface area contributed by atoms with E-state index in [0.717, 1.165) is 23.2 Å². The zero-order valence-electron chi connectivity index (χ0n) is 19.2. The number of carbonyl (C=O) groups excluding carboxylic acids is 2. The highest BCUT2D eigenvalue weighted by Crippen LogP contribution is 2.34. The number of furan rings is 1. The Morgan fingerprint density at radius 3 is 2.56 bits per heavy atom. The molecule has 0 bridgehead atoms. The molecule has 1 aliphatic rings. The largest absolute Gasteiger partial charge is 0.463 e. The van der Waals surface area contributed by atoms with Crippen LogP contribution in [0.15, 0.2) is 59.2 Å². The summed E-state index contributed by atoms with van der Waals surface area (Å²) in [4.78, 5) is 29.0. The average Bonchev–Trinajstić information content (AvgIpc) is 3.41. The van der Waals surface area contributed by atoms with Crippen LogP contribution in [0.1, 0.15) is 48.8 Å². The van der Waals surface area contributed by atoms with Crippen LogP contribution in [-0.2, 0) is 17.9 Å². The molecule has 4 rings (SSSR count). The SMILES string of the molecule is Cc1ccccc1CN1C(=O)c2ccc(-c3ccco3)n2C[C@]1(C)C(=O)NCCC(C)C. The van der Waals surface area contributed by atoms with E-state index >= 15 is 0 Å². The van der Waals surface area contributed by atoms with Crippen LogP contribution in [0.5, 0.6) is 0 Å². The van der Waals surface area contributed by atoms with E-state index in [0.29, 0.717) is 37.0 Å². The molecule has 1 atom stereocenters. The molecule has 32 heavy (non-hydrogen) atoms. The van der Waals surface area contributed by atoms with Crippen LogP contribution in [0.4, 0.5) is 0 Å². The molecule has 2 aromatic heterocycles. The van der Waals surface area contributed by atoms with Crippen LogP contribution in [0.3, 0.4) is 0 Å². The molecule has 0 aliphatic carbocycles. The summed E-state index contributed by atoms with van der Waals surface area (Å²) in [7, 11) is 0. The first kappa shape index (κ1) is 21.9.